The van der Waals surface area contributed by atoms with Crippen LogP contribution < -0.4 is 5.56 Å². The molecule has 6 nitrogen and oxygen atoms in total. The summed E-state index contributed by atoms with van der Waals surface area (Å²) in [5.41, 5.74) is 1.09. The van der Waals surface area contributed by atoms with E-state index in [0.717, 1.165) is 5.69 Å². The maximum Gasteiger partial charge on any atom is 0.268 e. The second kappa shape index (κ2) is 3.89. The second-order valence-electron chi connectivity index (χ2n) is 3.35. The fraction of sp³-hybridized carbons (Fsp3) is 0.222. The Labute approximate surface area is 104 Å². The molecule has 0 aliphatic carbocycles. The van der Waals surface area contributed by atoms with Crippen LogP contribution in [0, 0.1) is 10.5 Å². The van der Waals surface area contributed by atoms with Gasteiger partial charge in [-0.15, -0.1) is 0 Å². The van der Waals surface area contributed by atoms with E-state index in [1.54, 1.807) is 40.5 Å². The molecule has 0 spiro atoms. The predicted molar refractivity (Wildman–Crippen MR) is 66.2 cm³/mol. The molecular weight excluding hydrogens is 323 g/mol. The number of aromatic nitrogens is 4. The highest BCUT2D eigenvalue weighted by atomic mass is 127. The van der Waals surface area contributed by atoms with Gasteiger partial charge in [0, 0.05) is 13.2 Å². The van der Waals surface area contributed by atoms with Gasteiger partial charge >= 0.3 is 0 Å². The van der Waals surface area contributed by atoms with Crippen LogP contribution in [-0.2, 0) is 7.05 Å². The van der Waals surface area contributed by atoms with Crippen LogP contribution in [0.3, 0.4) is 0 Å². The van der Waals surface area contributed by atoms with Gasteiger partial charge in [0.05, 0.1) is 11.3 Å². The highest BCUT2D eigenvalue weighted by molar-refractivity contribution is 14.1. The average molecular weight is 332 g/mol. The smallest absolute Gasteiger partial charge is 0.268 e. The molecule has 0 fully saturated rings. The van der Waals surface area contributed by atoms with E-state index < -0.39 is 0 Å². The van der Waals surface area contributed by atoms with E-state index in [1.165, 1.54) is 0 Å². The molecule has 2 rings (SSSR count). The first-order valence-electron chi connectivity index (χ1n) is 4.48. The van der Waals surface area contributed by atoms with Gasteiger partial charge in [0.15, 0.2) is 0 Å². The van der Waals surface area contributed by atoms with Gasteiger partial charge in [-0.3, -0.25) is 9.48 Å². The number of aromatic hydroxyl groups is 1. The molecule has 0 aliphatic heterocycles. The Morgan fingerprint density at radius 1 is 1.56 bits per heavy atom. The van der Waals surface area contributed by atoms with E-state index in [0.29, 0.717) is 11.4 Å². The number of nitrogens with one attached hydrogen (secondary N) is 1. The van der Waals surface area contributed by atoms with Crippen molar-refractivity contribution >= 4 is 22.6 Å². The van der Waals surface area contributed by atoms with Crippen molar-refractivity contribution in [2.75, 3.05) is 0 Å². The maximum absolute atomic E-state index is 11.5. The number of hydrogen-bond acceptors (Lipinski definition) is 4. The van der Waals surface area contributed by atoms with Gasteiger partial charge < -0.3 is 10.1 Å². The quantitative estimate of drug-likeness (QED) is 0.757. The first-order valence-corrected chi connectivity index (χ1v) is 5.56. The molecular formula is C9H9IN4O2. The Hall–Kier alpha value is -1.38. The summed E-state index contributed by atoms with van der Waals surface area (Å²) >= 11 is 1.74. The Morgan fingerprint density at radius 2 is 2.25 bits per heavy atom. The molecule has 0 amide bonds. The van der Waals surface area contributed by atoms with Gasteiger partial charge in [-0.1, -0.05) is 0 Å². The summed E-state index contributed by atoms with van der Waals surface area (Å²) in [5.74, 6) is 0.0659. The van der Waals surface area contributed by atoms with Crippen LogP contribution in [0.2, 0.25) is 0 Å². The van der Waals surface area contributed by atoms with Crippen LogP contribution in [0.4, 0.5) is 0 Å². The summed E-state index contributed by atoms with van der Waals surface area (Å²) in [6, 6.07) is 0. The highest BCUT2D eigenvalue weighted by Crippen LogP contribution is 2.20. The molecule has 7 heteroatoms. The molecule has 16 heavy (non-hydrogen) atoms. The molecule has 0 bridgehead atoms. The lowest BCUT2D eigenvalue weighted by molar-refractivity contribution is 0.447. The lowest BCUT2D eigenvalue weighted by atomic mass is 10.2. The number of H-pyrrole nitrogens is 1. The van der Waals surface area contributed by atoms with Crippen molar-refractivity contribution in [3.8, 4) is 17.3 Å². The largest absolute Gasteiger partial charge is 0.492 e. The zero-order chi connectivity index (χ0) is 11.9. The van der Waals surface area contributed by atoms with Crippen molar-refractivity contribution in [2.45, 2.75) is 6.92 Å². The van der Waals surface area contributed by atoms with Crippen LogP contribution in [0.15, 0.2) is 11.0 Å². The minimum Gasteiger partial charge on any atom is -0.492 e. The number of nitrogens with zero attached hydrogens (tertiary/aromatic N) is 3. The Bertz CT molecular complexity index is 602. The van der Waals surface area contributed by atoms with E-state index >= 15 is 0 Å². The zero-order valence-corrected chi connectivity index (χ0v) is 10.8. The summed E-state index contributed by atoms with van der Waals surface area (Å²) in [5, 5.41) is 13.6. The van der Waals surface area contributed by atoms with Crippen molar-refractivity contribution in [3.05, 3.63) is 25.8 Å². The normalized spacial score (nSPS) is 10.7. The lowest BCUT2D eigenvalue weighted by Crippen LogP contribution is -2.12. The fourth-order valence-corrected chi connectivity index (χ4v) is 1.66. The SMILES string of the molecule is Cc1nn(C)cc1-c1nc(O)c(I)c(=O)[nH]1. The molecule has 0 unspecified atom stereocenters. The average Bonchev–Trinajstić information content (AvgIpc) is 2.53. The van der Waals surface area contributed by atoms with Crippen molar-refractivity contribution < 1.29 is 5.11 Å². The first kappa shape index (κ1) is 11.1. The van der Waals surface area contributed by atoms with Crippen molar-refractivity contribution in [1.29, 1.82) is 0 Å². The molecule has 0 aliphatic rings. The summed E-state index contributed by atoms with van der Waals surface area (Å²) in [4.78, 5) is 18.0. The molecule has 84 valence electrons. The molecule has 0 aromatic carbocycles. The van der Waals surface area contributed by atoms with E-state index in [1.807, 2.05) is 6.92 Å². The number of halogens is 1. The monoisotopic (exact) mass is 332 g/mol. The zero-order valence-electron chi connectivity index (χ0n) is 8.65. The van der Waals surface area contributed by atoms with E-state index in [4.69, 9.17) is 0 Å². The maximum atomic E-state index is 11.5. The first-order chi connectivity index (χ1) is 7.49. The van der Waals surface area contributed by atoms with Crippen LogP contribution in [0.1, 0.15) is 5.69 Å². The molecule has 0 saturated carbocycles. The fourth-order valence-electron chi connectivity index (χ4n) is 1.41. The standard InChI is InChI=1S/C9H9IN4O2/c1-4-5(3-14(2)13-4)7-11-8(15)6(10)9(16)12-7/h3H,1-2H3,(H2,11,12,15,16). The van der Waals surface area contributed by atoms with Crippen molar-refractivity contribution in [1.82, 2.24) is 19.7 Å². The van der Waals surface area contributed by atoms with Gasteiger partial charge in [0.2, 0.25) is 5.88 Å². The Balaban J connectivity index is 2.66. The topological polar surface area (TPSA) is 83.8 Å². The van der Waals surface area contributed by atoms with E-state index in [-0.39, 0.29) is 15.0 Å². The molecule has 2 heterocycles. The van der Waals surface area contributed by atoms with Crippen molar-refractivity contribution in [3.63, 3.8) is 0 Å². The Morgan fingerprint density at radius 3 is 2.75 bits per heavy atom. The van der Waals surface area contributed by atoms with Crippen molar-refractivity contribution in [2.24, 2.45) is 7.05 Å². The van der Waals surface area contributed by atoms with Crippen LogP contribution in [0.5, 0.6) is 5.88 Å². The van der Waals surface area contributed by atoms with Crippen LogP contribution >= 0.6 is 22.6 Å². The minimum atomic E-state index is -0.355. The van der Waals surface area contributed by atoms with Crippen LogP contribution in [0.25, 0.3) is 11.4 Å². The molecule has 2 aromatic heterocycles. The van der Waals surface area contributed by atoms with Gasteiger partial charge in [0.1, 0.15) is 9.39 Å². The summed E-state index contributed by atoms with van der Waals surface area (Å²) in [7, 11) is 1.78. The third kappa shape index (κ3) is 1.82. The van der Waals surface area contributed by atoms with Crippen LogP contribution in [-0.4, -0.2) is 24.9 Å². The number of rotatable bonds is 1. The summed E-state index contributed by atoms with van der Waals surface area (Å²) < 4.78 is 1.81. The number of aryl methyl sites for hydroxylation is 2. The van der Waals surface area contributed by atoms with E-state index in [2.05, 4.69) is 15.1 Å². The number of aromatic amines is 1. The highest BCUT2D eigenvalue weighted by Gasteiger charge is 2.12. The molecule has 0 radical (unpaired) electrons. The van der Waals surface area contributed by atoms with Gasteiger partial charge in [-0.25, -0.2) is 0 Å². The minimum absolute atomic E-state index is 0.183. The molecule has 2 aromatic rings. The van der Waals surface area contributed by atoms with Gasteiger partial charge in [-0.2, -0.15) is 10.1 Å². The van der Waals surface area contributed by atoms with Gasteiger partial charge in [-0.05, 0) is 29.5 Å². The molecule has 0 saturated heterocycles. The molecule has 0 atom stereocenters. The lowest BCUT2D eigenvalue weighted by Gasteiger charge is -2.00. The van der Waals surface area contributed by atoms with Gasteiger partial charge in [0.25, 0.3) is 5.56 Å². The summed E-state index contributed by atoms with van der Waals surface area (Å²) in [6.07, 6.45) is 1.74. The second-order valence-corrected chi connectivity index (χ2v) is 4.43. The third-order valence-corrected chi connectivity index (χ3v) is 3.09. The number of hydrogen-bond donors (Lipinski definition) is 2. The third-order valence-electron chi connectivity index (χ3n) is 2.11. The predicted octanol–water partition coefficient (Wildman–Crippen LogP) is 0.789. The Kier molecular flexibility index (Phi) is 2.70. The molecule has 2 N–H and O–H groups in total. The van der Waals surface area contributed by atoms with E-state index in [9.17, 15) is 9.90 Å². The summed E-state index contributed by atoms with van der Waals surface area (Å²) in [6.45, 7) is 1.81.